The predicted molar refractivity (Wildman–Crippen MR) is 110 cm³/mol. The van der Waals surface area contributed by atoms with Crippen LogP contribution < -0.4 is 10.1 Å². The van der Waals surface area contributed by atoms with Crippen molar-refractivity contribution in [3.63, 3.8) is 0 Å². The van der Waals surface area contributed by atoms with E-state index in [-0.39, 0.29) is 11.4 Å². The molecule has 0 saturated carbocycles. The van der Waals surface area contributed by atoms with Crippen LogP contribution in [0.4, 0.5) is 18.9 Å². The number of esters is 2. The van der Waals surface area contributed by atoms with E-state index < -0.39 is 35.0 Å². The fourth-order valence-corrected chi connectivity index (χ4v) is 3.04. The summed E-state index contributed by atoms with van der Waals surface area (Å²) < 4.78 is 55.4. The van der Waals surface area contributed by atoms with Crippen LogP contribution in [0.5, 0.6) is 11.5 Å². The lowest BCUT2D eigenvalue weighted by molar-refractivity contribution is -0.222. The van der Waals surface area contributed by atoms with Crippen molar-refractivity contribution < 1.29 is 37.0 Å². The molecule has 3 rings (SSSR count). The molecule has 1 N–H and O–H groups in total. The molecule has 0 amide bonds. The van der Waals surface area contributed by atoms with E-state index in [9.17, 15) is 22.8 Å². The molecule has 2 aromatic rings. The molecule has 0 unspecified atom stereocenters. The van der Waals surface area contributed by atoms with E-state index in [1.54, 1.807) is 26.0 Å². The Kier molecular flexibility index (Phi) is 6.15. The highest BCUT2D eigenvalue weighted by Gasteiger charge is 2.39. The SMILES string of the molecule is Cc1cc(Oc2ccc(C(F)(F)F)cc2NC=C2C(=O)OC(C)(C)OC2=O)cc(C)c1Cl. The van der Waals surface area contributed by atoms with Gasteiger partial charge < -0.3 is 19.5 Å². The predicted octanol–water partition coefficient (Wildman–Crippen LogP) is 5.90. The summed E-state index contributed by atoms with van der Waals surface area (Å²) in [4.78, 5) is 24.2. The molecule has 0 aliphatic carbocycles. The normalized spacial score (nSPS) is 15.7. The van der Waals surface area contributed by atoms with Crippen LogP contribution in [0.15, 0.2) is 42.1 Å². The minimum Gasteiger partial charge on any atom is -0.455 e. The summed E-state index contributed by atoms with van der Waals surface area (Å²) in [7, 11) is 0. The zero-order valence-electron chi connectivity index (χ0n) is 17.5. The standard InChI is InChI=1S/C22H19ClF3NO5/c1-11-7-14(8-12(2)18(11)23)30-17-6-5-13(22(24,25)26)9-16(17)27-10-15-19(28)31-21(3,4)32-20(15)29/h5-10,27H,1-4H3. The van der Waals surface area contributed by atoms with E-state index in [4.69, 9.17) is 25.8 Å². The number of hydrogen-bond acceptors (Lipinski definition) is 6. The number of nitrogens with one attached hydrogen (secondary N) is 1. The van der Waals surface area contributed by atoms with Crippen LogP contribution in [0.2, 0.25) is 5.02 Å². The van der Waals surface area contributed by atoms with E-state index >= 15 is 0 Å². The Hall–Kier alpha value is -3.20. The van der Waals surface area contributed by atoms with Crippen LogP contribution >= 0.6 is 11.6 Å². The smallest absolute Gasteiger partial charge is 0.416 e. The van der Waals surface area contributed by atoms with Gasteiger partial charge in [-0.1, -0.05) is 11.6 Å². The van der Waals surface area contributed by atoms with Gasteiger partial charge in [-0.15, -0.1) is 0 Å². The summed E-state index contributed by atoms with van der Waals surface area (Å²) in [5, 5.41) is 3.08. The van der Waals surface area contributed by atoms with E-state index in [0.717, 1.165) is 35.5 Å². The van der Waals surface area contributed by atoms with Gasteiger partial charge in [0, 0.05) is 25.1 Å². The van der Waals surface area contributed by atoms with Crippen LogP contribution in [0.1, 0.15) is 30.5 Å². The van der Waals surface area contributed by atoms with E-state index in [0.29, 0.717) is 10.8 Å². The highest BCUT2D eigenvalue weighted by molar-refractivity contribution is 6.32. The lowest BCUT2D eigenvalue weighted by Crippen LogP contribution is -2.42. The second-order valence-corrected chi connectivity index (χ2v) is 7.94. The first-order valence-electron chi connectivity index (χ1n) is 9.36. The molecular formula is C22H19ClF3NO5. The van der Waals surface area contributed by atoms with E-state index in [1.165, 1.54) is 13.8 Å². The summed E-state index contributed by atoms with van der Waals surface area (Å²) in [5.74, 6) is -3.03. The van der Waals surface area contributed by atoms with Gasteiger partial charge in [0.2, 0.25) is 0 Å². The second-order valence-electron chi connectivity index (χ2n) is 7.56. The molecule has 0 radical (unpaired) electrons. The number of carbonyl (C=O) groups excluding carboxylic acids is 2. The molecule has 10 heteroatoms. The second kappa shape index (κ2) is 8.38. The van der Waals surface area contributed by atoms with Crippen LogP contribution in [-0.2, 0) is 25.2 Å². The zero-order valence-corrected chi connectivity index (χ0v) is 18.3. The average Bonchev–Trinajstić information content (AvgIpc) is 2.64. The number of hydrogen-bond donors (Lipinski definition) is 1. The van der Waals surface area contributed by atoms with Gasteiger partial charge in [0.25, 0.3) is 5.79 Å². The molecule has 0 spiro atoms. The lowest BCUT2D eigenvalue weighted by Gasteiger charge is -2.29. The Labute approximate surface area is 186 Å². The Morgan fingerprint density at radius 3 is 2.12 bits per heavy atom. The van der Waals surface area contributed by atoms with Crippen molar-refractivity contribution >= 4 is 29.2 Å². The lowest BCUT2D eigenvalue weighted by atomic mass is 10.1. The Morgan fingerprint density at radius 2 is 1.59 bits per heavy atom. The van der Waals surface area contributed by atoms with Crippen LogP contribution in [0, 0.1) is 13.8 Å². The number of carbonyl (C=O) groups is 2. The number of cyclic esters (lactones) is 2. The van der Waals surface area contributed by atoms with Gasteiger partial charge in [-0.25, -0.2) is 9.59 Å². The molecule has 2 aromatic carbocycles. The monoisotopic (exact) mass is 469 g/mol. The molecular weight excluding hydrogens is 451 g/mol. The molecule has 0 atom stereocenters. The van der Waals surface area contributed by atoms with Crippen molar-refractivity contribution in [2.24, 2.45) is 0 Å². The molecule has 1 heterocycles. The third-order valence-electron chi connectivity index (χ3n) is 4.43. The van der Waals surface area contributed by atoms with Gasteiger partial charge in [0.1, 0.15) is 5.75 Å². The van der Waals surface area contributed by atoms with Crippen LogP contribution in [0.25, 0.3) is 0 Å². The molecule has 1 aliphatic rings. The Balaban J connectivity index is 1.98. The van der Waals surface area contributed by atoms with Gasteiger partial charge in [-0.05, 0) is 55.3 Å². The number of halogens is 4. The van der Waals surface area contributed by atoms with Gasteiger partial charge in [0.15, 0.2) is 11.3 Å². The largest absolute Gasteiger partial charge is 0.455 e. The summed E-state index contributed by atoms with van der Waals surface area (Å²) in [6, 6.07) is 6.05. The van der Waals surface area contributed by atoms with E-state index in [2.05, 4.69) is 5.32 Å². The molecule has 1 saturated heterocycles. The molecule has 1 fully saturated rings. The summed E-state index contributed by atoms with van der Waals surface area (Å²) >= 11 is 6.15. The first-order valence-corrected chi connectivity index (χ1v) is 9.74. The maximum atomic E-state index is 13.2. The number of alkyl halides is 3. The number of rotatable bonds is 4. The summed E-state index contributed by atoms with van der Waals surface area (Å²) in [5.41, 5.74) is -0.154. The Morgan fingerprint density at radius 1 is 1.03 bits per heavy atom. The van der Waals surface area contributed by atoms with Gasteiger partial charge in [-0.3, -0.25) is 0 Å². The summed E-state index contributed by atoms with van der Waals surface area (Å²) in [6.45, 7) is 6.28. The number of aryl methyl sites for hydroxylation is 2. The molecule has 6 nitrogen and oxygen atoms in total. The molecule has 0 aromatic heterocycles. The first kappa shape index (κ1) is 23.5. The van der Waals surface area contributed by atoms with E-state index in [1.807, 2.05) is 0 Å². The molecule has 1 aliphatic heterocycles. The molecule has 170 valence electrons. The Bertz CT molecular complexity index is 1080. The van der Waals surface area contributed by atoms with Crippen molar-refractivity contribution in [2.45, 2.75) is 39.7 Å². The van der Waals surface area contributed by atoms with Gasteiger partial charge in [-0.2, -0.15) is 13.2 Å². The quantitative estimate of drug-likeness (QED) is 0.341. The highest BCUT2D eigenvalue weighted by Crippen LogP contribution is 2.38. The fourth-order valence-electron chi connectivity index (χ4n) is 2.93. The fraction of sp³-hybridized carbons (Fsp3) is 0.273. The minimum absolute atomic E-state index is 0.0221. The number of ether oxygens (including phenoxy) is 3. The number of anilines is 1. The third-order valence-corrected chi connectivity index (χ3v) is 5.03. The van der Waals surface area contributed by atoms with Crippen molar-refractivity contribution in [3.8, 4) is 11.5 Å². The van der Waals surface area contributed by atoms with Crippen molar-refractivity contribution in [1.82, 2.24) is 0 Å². The average molecular weight is 470 g/mol. The topological polar surface area (TPSA) is 73.9 Å². The van der Waals surface area contributed by atoms with Gasteiger partial charge >= 0.3 is 18.1 Å². The zero-order chi connectivity index (χ0) is 23.8. The van der Waals surface area contributed by atoms with Crippen LogP contribution in [-0.4, -0.2) is 17.7 Å². The minimum atomic E-state index is -4.62. The maximum absolute atomic E-state index is 13.2. The van der Waals surface area contributed by atoms with Crippen LogP contribution in [0.3, 0.4) is 0 Å². The molecule has 0 bridgehead atoms. The maximum Gasteiger partial charge on any atom is 0.416 e. The van der Waals surface area contributed by atoms with Crippen molar-refractivity contribution in [2.75, 3.05) is 5.32 Å². The first-order chi connectivity index (χ1) is 14.8. The van der Waals surface area contributed by atoms with Crippen molar-refractivity contribution in [3.05, 3.63) is 63.8 Å². The highest BCUT2D eigenvalue weighted by atomic mass is 35.5. The number of benzene rings is 2. The molecule has 32 heavy (non-hydrogen) atoms. The van der Waals surface area contributed by atoms with Crippen molar-refractivity contribution in [1.29, 1.82) is 0 Å². The summed E-state index contributed by atoms with van der Waals surface area (Å²) in [6.07, 6.45) is -3.71. The third kappa shape index (κ3) is 5.16. The van der Waals surface area contributed by atoms with Gasteiger partial charge in [0.05, 0.1) is 11.3 Å².